The van der Waals surface area contributed by atoms with Crippen molar-refractivity contribution in [3.63, 3.8) is 0 Å². The van der Waals surface area contributed by atoms with Gasteiger partial charge in [-0.3, -0.25) is 10.1 Å². The van der Waals surface area contributed by atoms with E-state index in [1.165, 1.54) is 12.1 Å². The van der Waals surface area contributed by atoms with Crippen LogP contribution in [-0.4, -0.2) is 22.6 Å². The van der Waals surface area contributed by atoms with Crippen molar-refractivity contribution >= 4 is 29.0 Å². The molecule has 24 heavy (non-hydrogen) atoms. The molecular weight excluding hydrogens is 330 g/mol. The Bertz CT molecular complexity index is 685. The third-order valence-electron chi connectivity index (χ3n) is 3.59. The van der Waals surface area contributed by atoms with Crippen molar-refractivity contribution in [2.75, 3.05) is 6.61 Å². The third-order valence-corrected chi connectivity index (χ3v) is 3.81. The summed E-state index contributed by atoms with van der Waals surface area (Å²) in [6.07, 6.45) is 1.49. The largest absolute Gasteiger partial charge is 0.463 e. The predicted octanol–water partition coefficient (Wildman–Crippen LogP) is 2.73. The van der Waals surface area contributed by atoms with Gasteiger partial charge in [-0.25, -0.2) is 4.79 Å². The summed E-state index contributed by atoms with van der Waals surface area (Å²) in [5, 5.41) is 17.3. The minimum absolute atomic E-state index is 0.00860. The van der Waals surface area contributed by atoms with E-state index >= 15 is 0 Å². The van der Waals surface area contributed by atoms with Crippen LogP contribution in [0.4, 0.5) is 5.69 Å². The first-order valence-corrected chi connectivity index (χ1v) is 8.10. The fourth-order valence-electron chi connectivity index (χ4n) is 2.55. The number of thiocarbonyl (C=S) groups is 1. The van der Waals surface area contributed by atoms with Crippen molar-refractivity contribution in [1.29, 1.82) is 0 Å². The van der Waals surface area contributed by atoms with Crippen molar-refractivity contribution < 1.29 is 14.5 Å². The maximum Gasteiger partial charge on any atom is 0.338 e. The molecule has 2 N–H and O–H groups in total. The average Bonchev–Trinajstić information content (AvgIpc) is 2.55. The molecule has 0 amide bonds. The summed E-state index contributed by atoms with van der Waals surface area (Å²) in [4.78, 5) is 22.8. The molecule has 0 radical (unpaired) electrons. The Kier molecular flexibility index (Phi) is 5.86. The van der Waals surface area contributed by atoms with E-state index in [0.29, 0.717) is 22.7 Å². The maximum absolute atomic E-state index is 12.4. The van der Waals surface area contributed by atoms with E-state index in [-0.39, 0.29) is 12.3 Å². The van der Waals surface area contributed by atoms with E-state index in [0.717, 1.165) is 12.1 Å². The van der Waals surface area contributed by atoms with Crippen LogP contribution in [0.1, 0.15) is 38.3 Å². The van der Waals surface area contributed by atoms with Crippen molar-refractivity contribution in [3.05, 3.63) is 51.2 Å². The number of esters is 1. The van der Waals surface area contributed by atoms with E-state index in [4.69, 9.17) is 17.0 Å². The lowest BCUT2D eigenvalue weighted by Gasteiger charge is -2.31. The van der Waals surface area contributed by atoms with E-state index in [9.17, 15) is 14.9 Å². The number of benzene rings is 1. The van der Waals surface area contributed by atoms with Crippen LogP contribution in [0.5, 0.6) is 0 Å². The van der Waals surface area contributed by atoms with Crippen LogP contribution in [0.15, 0.2) is 35.5 Å². The molecule has 0 aromatic heterocycles. The van der Waals surface area contributed by atoms with Crippen molar-refractivity contribution in [1.82, 2.24) is 10.6 Å². The molecule has 2 rings (SSSR count). The molecule has 1 aromatic rings. The van der Waals surface area contributed by atoms with Crippen LogP contribution < -0.4 is 10.6 Å². The third kappa shape index (κ3) is 3.88. The standard InChI is InChI=1S/C16H19N3O4S/c1-3-5-12-13(15(20)23-4-2)14(18-16(24)17-12)10-6-8-11(9-7-10)19(21)22/h6-9,14H,3-5H2,1-2H3,(H2,17,18,24)/t14-/m1/s1. The highest BCUT2D eigenvalue weighted by Crippen LogP contribution is 2.30. The highest BCUT2D eigenvalue weighted by atomic mass is 32.1. The second-order valence-electron chi connectivity index (χ2n) is 5.24. The average molecular weight is 349 g/mol. The zero-order chi connectivity index (χ0) is 17.7. The summed E-state index contributed by atoms with van der Waals surface area (Å²) in [7, 11) is 0. The van der Waals surface area contributed by atoms with Gasteiger partial charge < -0.3 is 15.4 Å². The highest BCUT2D eigenvalue weighted by molar-refractivity contribution is 7.80. The molecule has 1 atom stereocenters. The second kappa shape index (κ2) is 7.87. The molecule has 0 bridgehead atoms. The molecule has 1 aliphatic rings. The van der Waals surface area contributed by atoms with Gasteiger partial charge in [-0.15, -0.1) is 0 Å². The van der Waals surface area contributed by atoms with Crippen LogP contribution in [0.2, 0.25) is 0 Å². The molecule has 1 aliphatic heterocycles. The minimum atomic E-state index is -0.500. The molecule has 0 unspecified atom stereocenters. The Morgan fingerprint density at radius 3 is 2.54 bits per heavy atom. The first-order chi connectivity index (χ1) is 11.5. The number of carbonyl (C=O) groups excluding carboxylic acids is 1. The number of nitrogens with zero attached hydrogens (tertiary/aromatic N) is 1. The molecular formula is C16H19N3O4S. The van der Waals surface area contributed by atoms with Crippen LogP contribution >= 0.6 is 12.2 Å². The zero-order valence-electron chi connectivity index (χ0n) is 13.5. The number of hydrogen-bond donors (Lipinski definition) is 2. The van der Waals surface area contributed by atoms with Gasteiger partial charge in [0.15, 0.2) is 5.11 Å². The normalized spacial score (nSPS) is 17.1. The number of hydrogen-bond acceptors (Lipinski definition) is 5. The van der Waals surface area contributed by atoms with Crippen molar-refractivity contribution in [2.45, 2.75) is 32.7 Å². The minimum Gasteiger partial charge on any atom is -0.463 e. The fourth-order valence-corrected chi connectivity index (χ4v) is 2.79. The monoisotopic (exact) mass is 349 g/mol. The van der Waals surface area contributed by atoms with Crippen LogP contribution in [-0.2, 0) is 9.53 Å². The van der Waals surface area contributed by atoms with Gasteiger partial charge in [0, 0.05) is 17.8 Å². The molecule has 0 aliphatic carbocycles. The number of nitrogens with one attached hydrogen (secondary N) is 2. The van der Waals surface area contributed by atoms with Gasteiger partial charge in [0.2, 0.25) is 0 Å². The zero-order valence-corrected chi connectivity index (χ0v) is 14.3. The van der Waals surface area contributed by atoms with Gasteiger partial charge in [-0.2, -0.15) is 0 Å². The van der Waals surface area contributed by atoms with Crippen LogP contribution in [0.25, 0.3) is 0 Å². The molecule has 8 heteroatoms. The summed E-state index contributed by atoms with van der Waals surface area (Å²) in [6, 6.07) is 5.55. The number of non-ortho nitro benzene ring substituents is 1. The molecule has 1 aromatic carbocycles. The maximum atomic E-state index is 12.4. The lowest BCUT2D eigenvalue weighted by atomic mass is 9.94. The first kappa shape index (κ1) is 17.9. The molecule has 0 spiro atoms. The smallest absolute Gasteiger partial charge is 0.338 e. The Balaban J connectivity index is 2.46. The summed E-state index contributed by atoms with van der Waals surface area (Å²) >= 11 is 5.23. The number of ether oxygens (including phenoxy) is 1. The molecule has 0 saturated heterocycles. The predicted molar refractivity (Wildman–Crippen MR) is 93.3 cm³/mol. The molecule has 0 saturated carbocycles. The number of allylic oxidation sites excluding steroid dienone is 1. The Labute approximate surface area is 145 Å². The van der Waals surface area contributed by atoms with Crippen molar-refractivity contribution in [2.24, 2.45) is 0 Å². The fraction of sp³-hybridized carbons (Fsp3) is 0.375. The van der Waals surface area contributed by atoms with Crippen LogP contribution in [0, 0.1) is 10.1 Å². The molecule has 1 heterocycles. The van der Waals surface area contributed by atoms with Crippen molar-refractivity contribution in [3.8, 4) is 0 Å². The Morgan fingerprint density at radius 2 is 2.00 bits per heavy atom. The van der Waals surface area contributed by atoms with Gasteiger partial charge >= 0.3 is 5.97 Å². The first-order valence-electron chi connectivity index (χ1n) is 7.69. The number of rotatable bonds is 6. The second-order valence-corrected chi connectivity index (χ2v) is 5.65. The quantitative estimate of drug-likeness (QED) is 0.353. The van der Waals surface area contributed by atoms with E-state index < -0.39 is 16.9 Å². The Morgan fingerprint density at radius 1 is 1.33 bits per heavy atom. The van der Waals surface area contributed by atoms with Gasteiger partial charge in [0.05, 0.1) is 23.1 Å². The topological polar surface area (TPSA) is 93.5 Å². The number of carbonyl (C=O) groups is 1. The molecule has 7 nitrogen and oxygen atoms in total. The van der Waals surface area contributed by atoms with Gasteiger partial charge in [0.25, 0.3) is 5.69 Å². The summed E-state index contributed by atoms with van der Waals surface area (Å²) in [5.41, 5.74) is 1.89. The van der Waals surface area contributed by atoms with Crippen LogP contribution in [0.3, 0.4) is 0 Å². The van der Waals surface area contributed by atoms with Gasteiger partial charge in [-0.05, 0) is 43.3 Å². The molecule has 0 fully saturated rings. The lowest BCUT2D eigenvalue weighted by Crippen LogP contribution is -2.45. The lowest BCUT2D eigenvalue weighted by molar-refractivity contribution is -0.384. The van der Waals surface area contributed by atoms with E-state index in [2.05, 4.69) is 10.6 Å². The van der Waals surface area contributed by atoms with E-state index in [1.54, 1.807) is 19.1 Å². The summed E-state index contributed by atoms with van der Waals surface area (Å²) < 4.78 is 5.18. The van der Waals surface area contributed by atoms with E-state index in [1.807, 2.05) is 6.92 Å². The Hall–Kier alpha value is -2.48. The number of nitro benzene ring substituents is 1. The SMILES string of the molecule is CCCC1=C(C(=O)OCC)[C@@H](c2ccc([N+](=O)[O-])cc2)NC(=S)N1. The summed E-state index contributed by atoms with van der Waals surface area (Å²) in [5.74, 6) is -0.424. The van der Waals surface area contributed by atoms with Gasteiger partial charge in [0.1, 0.15) is 0 Å². The number of nitro groups is 1. The van der Waals surface area contributed by atoms with Gasteiger partial charge in [-0.1, -0.05) is 13.3 Å². The summed E-state index contributed by atoms with van der Waals surface area (Å²) in [6.45, 7) is 4.01. The highest BCUT2D eigenvalue weighted by Gasteiger charge is 2.32. The molecule has 128 valence electrons.